The van der Waals surface area contributed by atoms with E-state index in [1.807, 2.05) is 0 Å². The van der Waals surface area contributed by atoms with E-state index in [-0.39, 0.29) is 17.9 Å². The first-order chi connectivity index (χ1) is 8.46. The molecule has 0 aromatic rings. The molecule has 0 aromatic heterocycles. The lowest BCUT2D eigenvalue weighted by Gasteiger charge is -2.36. The monoisotopic (exact) mass is 252 g/mol. The lowest BCUT2D eigenvalue weighted by atomic mass is 9.75. The van der Waals surface area contributed by atoms with Crippen molar-refractivity contribution in [1.82, 2.24) is 5.32 Å². The predicted octanol–water partition coefficient (Wildman–Crippen LogP) is 2.59. The Hall–Kier alpha value is -0.570. The molecule has 2 saturated carbocycles. The van der Waals surface area contributed by atoms with Crippen molar-refractivity contribution in [3.8, 4) is 0 Å². The maximum Gasteiger partial charge on any atom is 0.223 e. The van der Waals surface area contributed by atoms with E-state index in [1.54, 1.807) is 0 Å². The molecular formula is C15H28N2O. The molecule has 2 fully saturated rings. The first kappa shape index (κ1) is 13.9. The fraction of sp³-hybridized carbons (Fsp3) is 0.933. The molecule has 2 aliphatic rings. The second-order valence-electron chi connectivity index (χ2n) is 7.09. The molecule has 0 spiro atoms. The molecule has 0 saturated heterocycles. The SMILES string of the molecule is CC1(C)CCCC(NC(=O)C2CCCC(N)C2)C1. The second kappa shape index (κ2) is 5.60. The number of nitrogens with two attached hydrogens (primary N) is 1. The average molecular weight is 252 g/mol. The average Bonchev–Trinajstić information content (AvgIpc) is 2.27. The van der Waals surface area contributed by atoms with Crippen LogP contribution in [0.5, 0.6) is 0 Å². The van der Waals surface area contributed by atoms with Crippen LogP contribution in [0.4, 0.5) is 0 Å². The van der Waals surface area contributed by atoms with Crippen molar-refractivity contribution >= 4 is 5.91 Å². The molecule has 2 rings (SSSR count). The van der Waals surface area contributed by atoms with Gasteiger partial charge in [0, 0.05) is 18.0 Å². The van der Waals surface area contributed by atoms with Crippen molar-refractivity contribution in [3.05, 3.63) is 0 Å². The summed E-state index contributed by atoms with van der Waals surface area (Å²) in [6.45, 7) is 4.61. The lowest BCUT2D eigenvalue weighted by Crippen LogP contribution is -2.45. The van der Waals surface area contributed by atoms with E-state index in [0.717, 1.165) is 38.5 Å². The van der Waals surface area contributed by atoms with E-state index < -0.39 is 0 Å². The van der Waals surface area contributed by atoms with Gasteiger partial charge in [0.2, 0.25) is 5.91 Å². The molecule has 1 amide bonds. The smallest absolute Gasteiger partial charge is 0.223 e. The number of carbonyl (C=O) groups excluding carboxylic acids is 1. The molecule has 3 atom stereocenters. The second-order valence-corrected chi connectivity index (χ2v) is 7.09. The number of hydrogen-bond donors (Lipinski definition) is 2. The summed E-state index contributed by atoms with van der Waals surface area (Å²) in [6.07, 6.45) is 8.88. The third-order valence-corrected chi connectivity index (χ3v) is 4.64. The maximum atomic E-state index is 12.3. The molecule has 0 aliphatic heterocycles. The standard InChI is InChI=1S/C15H28N2O/c1-15(2)8-4-7-13(10-15)17-14(18)11-5-3-6-12(16)9-11/h11-13H,3-10,16H2,1-2H3,(H,17,18). The van der Waals surface area contributed by atoms with E-state index in [0.29, 0.717) is 11.5 Å². The van der Waals surface area contributed by atoms with Gasteiger partial charge >= 0.3 is 0 Å². The minimum Gasteiger partial charge on any atom is -0.353 e. The Labute approximate surface area is 111 Å². The first-order valence-corrected chi connectivity index (χ1v) is 7.52. The Balaban J connectivity index is 1.83. The predicted molar refractivity (Wildman–Crippen MR) is 74.1 cm³/mol. The van der Waals surface area contributed by atoms with Gasteiger partial charge in [0.1, 0.15) is 0 Å². The first-order valence-electron chi connectivity index (χ1n) is 7.52. The molecular weight excluding hydrogens is 224 g/mol. The number of nitrogens with one attached hydrogen (secondary N) is 1. The summed E-state index contributed by atoms with van der Waals surface area (Å²) in [5.74, 6) is 0.423. The van der Waals surface area contributed by atoms with Crippen LogP contribution in [0, 0.1) is 11.3 Å². The molecule has 3 heteroatoms. The number of amides is 1. The molecule has 104 valence electrons. The van der Waals surface area contributed by atoms with E-state index in [9.17, 15) is 4.79 Å². The number of hydrogen-bond acceptors (Lipinski definition) is 2. The molecule has 3 unspecified atom stereocenters. The Bertz CT molecular complexity index is 301. The summed E-state index contributed by atoms with van der Waals surface area (Å²) in [7, 11) is 0. The van der Waals surface area contributed by atoms with Gasteiger partial charge < -0.3 is 11.1 Å². The largest absolute Gasteiger partial charge is 0.353 e. The third kappa shape index (κ3) is 3.71. The normalized spacial score (nSPS) is 36.1. The Kier molecular flexibility index (Phi) is 4.31. The van der Waals surface area contributed by atoms with Gasteiger partial charge in [0.05, 0.1) is 0 Å². The van der Waals surface area contributed by atoms with Crippen LogP contribution in [-0.4, -0.2) is 18.0 Å². The van der Waals surface area contributed by atoms with Crippen LogP contribution < -0.4 is 11.1 Å². The summed E-state index contributed by atoms with van der Waals surface area (Å²) in [5.41, 5.74) is 6.35. The van der Waals surface area contributed by atoms with E-state index in [4.69, 9.17) is 5.73 Å². The molecule has 0 aromatic carbocycles. The van der Waals surface area contributed by atoms with Crippen molar-refractivity contribution in [2.24, 2.45) is 17.1 Å². The third-order valence-electron chi connectivity index (χ3n) is 4.64. The highest BCUT2D eigenvalue weighted by Gasteiger charge is 2.31. The highest BCUT2D eigenvalue weighted by Crippen LogP contribution is 2.35. The summed E-state index contributed by atoms with van der Waals surface area (Å²) >= 11 is 0. The highest BCUT2D eigenvalue weighted by atomic mass is 16.1. The van der Waals surface area contributed by atoms with Crippen LogP contribution >= 0.6 is 0 Å². The summed E-state index contributed by atoms with van der Waals surface area (Å²) in [4.78, 5) is 12.3. The van der Waals surface area contributed by atoms with Crippen molar-refractivity contribution in [2.45, 2.75) is 77.3 Å². The minimum atomic E-state index is 0.166. The fourth-order valence-electron chi connectivity index (χ4n) is 3.61. The van der Waals surface area contributed by atoms with Crippen molar-refractivity contribution in [2.75, 3.05) is 0 Å². The van der Waals surface area contributed by atoms with Crippen molar-refractivity contribution in [3.63, 3.8) is 0 Å². The Morgan fingerprint density at radius 1 is 1.22 bits per heavy atom. The zero-order valence-corrected chi connectivity index (χ0v) is 11.9. The molecule has 2 aliphatic carbocycles. The van der Waals surface area contributed by atoms with Gasteiger partial charge in [-0.2, -0.15) is 0 Å². The van der Waals surface area contributed by atoms with Crippen molar-refractivity contribution < 1.29 is 4.79 Å². The highest BCUT2D eigenvalue weighted by molar-refractivity contribution is 5.79. The summed E-state index contributed by atoms with van der Waals surface area (Å²) in [6, 6.07) is 0.622. The summed E-state index contributed by atoms with van der Waals surface area (Å²) < 4.78 is 0. The van der Waals surface area contributed by atoms with Crippen LogP contribution in [0.2, 0.25) is 0 Å². The van der Waals surface area contributed by atoms with Gasteiger partial charge in [-0.05, 0) is 43.9 Å². The van der Waals surface area contributed by atoms with Crippen LogP contribution in [-0.2, 0) is 4.79 Å². The zero-order chi connectivity index (χ0) is 13.2. The fourth-order valence-corrected chi connectivity index (χ4v) is 3.61. The van der Waals surface area contributed by atoms with Crippen molar-refractivity contribution in [1.29, 1.82) is 0 Å². The van der Waals surface area contributed by atoms with Gasteiger partial charge in [-0.1, -0.05) is 26.7 Å². The van der Waals surface area contributed by atoms with Gasteiger partial charge in [0.15, 0.2) is 0 Å². The quantitative estimate of drug-likeness (QED) is 0.793. The Morgan fingerprint density at radius 2 is 2.00 bits per heavy atom. The van der Waals surface area contributed by atoms with Crippen LogP contribution in [0.3, 0.4) is 0 Å². The number of rotatable bonds is 2. The van der Waals surface area contributed by atoms with E-state index in [1.165, 1.54) is 12.8 Å². The van der Waals surface area contributed by atoms with Gasteiger partial charge in [-0.25, -0.2) is 0 Å². The number of carbonyl (C=O) groups is 1. The van der Waals surface area contributed by atoms with Crippen LogP contribution in [0.25, 0.3) is 0 Å². The van der Waals surface area contributed by atoms with Gasteiger partial charge in [-0.15, -0.1) is 0 Å². The van der Waals surface area contributed by atoms with Crippen LogP contribution in [0.15, 0.2) is 0 Å². The molecule has 3 N–H and O–H groups in total. The topological polar surface area (TPSA) is 55.1 Å². The minimum absolute atomic E-state index is 0.166. The summed E-state index contributed by atoms with van der Waals surface area (Å²) in [5, 5.41) is 3.27. The van der Waals surface area contributed by atoms with Gasteiger partial charge in [0.25, 0.3) is 0 Å². The lowest BCUT2D eigenvalue weighted by molar-refractivity contribution is -0.127. The maximum absolute atomic E-state index is 12.3. The zero-order valence-electron chi connectivity index (χ0n) is 11.9. The molecule has 0 heterocycles. The van der Waals surface area contributed by atoms with Gasteiger partial charge in [-0.3, -0.25) is 4.79 Å². The van der Waals surface area contributed by atoms with E-state index >= 15 is 0 Å². The van der Waals surface area contributed by atoms with Crippen LogP contribution in [0.1, 0.15) is 65.2 Å². The molecule has 0 bridgehead atoms. The Morgan fingerprint density at radius 3 is 2.67 bits per heavy atom. The molecule has 18 heavy (non-hydrogen) atoms. The van der Waals surface area contributed by atoms with E-state index in [2.05, 4.69) is 19.2 Å². The molecule has 3 nitrogen and oxygen atoms in total. The molecule has 0 radical (unpaired) electrons.